The van der Waals surface area contributed by atoms with Gasteiger partial charge >= 0.3 is 0 Å². The van der Waals surface area contributed by atoms with Crippen molar-refractivity contribution in [3.8, 4) is 16.5 Å². The first kappa shape index (κ1) is 19.3. The predicted molar refractivity (Wildman–Crippen MR) is 125 cm³/mol. The van der Waals surface area contributed by atoms with Crippen molar-refractivity contribution in [1.29, 1.82) is 0 Å². The van der Waals surface area contributed by atoms with E-state index in [-0.39, 0.29) is 6.04 Å². The molecule has 0 amide bonds. The van der Waals surface area contributed by atoms with Crippen molar-refractivity contribution in [2.45, 2.75) is 6.04 Å². The van der Waals surface area contributed by atoms with Gasteiger partial charge in [-0.25, -0.2) is 15.0 Å². The molecule has 0 aliphatic carbocycles. The van der Waals surface area contributed by atoms with Gasteiger partial charge in [0.2, 0.25) is 0 Å². The van der Waals surface area contributed by atoms with Gasteiger partial charge in [0.25, 0.3) is 0 Å². The second kappa shape index (κ2) is 8.20. The van der Waals surface area contributed by atoms with Crippen molar-refractivity contribution in [1.82, 2.24) is 19.5 Å². The SMILES string of the molecule is COc1cccc([C@H](Nc2nc(-c3cccs3)nc3ccccc23)c2nccn2C)c1. The Kier molecular flexibility index (Phi) is 5.09. The maximum Gasteiger partial charge on any atom is 0.172 e. The fourth-order valence-corrected chi connectivity index (χ4v) is 4.27. The van der Waals surface area contributed by atoms with E-state index >= 15 is 0 Å². The molecule has 0 saturated heterocycles. The van der Waals surface area contributed by atoms with Gasteiger partial charge in [0.1, 0.15) is 23.4 Å². The van der Waals surface area contributed by atoms with Crippen molar-refractivity contribution in [2.24, 2.45) is 7.05 Å². The lowest BCUT2D eigenvalue weighted by molar-refractivity contribution is 0.414. The van der Waals surface area contributed by atoms with Gasteiger partial charge in [0.05, 0.1) is 17.5 Å². The van der Waals surface area contributed by atoms with Gasteiger partial charge in [0.15, 0.2) is 5.82 Å². The summed E-state index contributed by atoms with van der Waals surface area (Å²) in [6, 6.07) is 19.9. The number of nitrogens with zero attached hydrogens (tertiary/aromatic N) is 4. The molecule has 5 rings (SSSR count). The largest absolute Gasteiger partial charge is 0.497 e. The number of hydrogen-bond donors (Lipinski definition) is 1. The Morgan fingerprint density at radius 1 is 1.03 bits per heavy atom. The lowest BCUT2D eigenvalue weighted by Crippen LogP contribution is -2.18. The van der Waals surface area contributed by atoms with E-state index in [1.807, 2.05) is 77.8 Å². The van der Waals surface area contributed by atoms with Crippen LogP contribution in [0.2, 0.25) is 0 Å². The molecule has 0 fully saturated rings. The fourth-order valence-electron chi connectivity index (χ4n) is 3.61. The van der Waals surface area contributed by atoms with Crippen LogP contribution in [0.3, 0.4) is 0 Å². The Bertz CT molecular complexity index is 1330. The van der Waals surface area contributed by atoms with Gasteiger partial charge in [-0.15, -0.1) is 11.3 Å². The number of para-hydroxylation sites is 1. The highest BCUT2D eigenvalue weighted by atomic mass is 32.1. The minimum absolute atomic E-state index is 0.218. The van der Waals surface area contributed by atoms with Gasteiger partial charge in [-0.3, -0.25) is 0 Å². The third kappa shape index (κ3) is 3.75. The summed E-state index contributed by atoms with van der Waals surface area (Å²) in [5.74, 6) is 3.16. The van der Waals surface area contributed by atoms with Crippen LogP contribution in [0.5, 0.6) is 5.75 Å². The monoisotopic (exact) mass is 427 g/mol. The average molecular weight is 428 g/mol. The zero-order valence-electron chi connectivity index (χ0n) is 17.2. The first-order valence-electron chi connectivity index (χ1n) is 9.91. The standard InChI is InChI=1S/C24H21N5OS/c1-29-13-12-25-24(29)21(16-7-5-8-17(15-16)30-2)27-22-18-9-3-4-10-19(18)26-23(28-22)20-11-6-14-31-20/h3-15,21H,1-2H3,(H,26,27,28)/t21-/m0/s1. The summed E-state index contributed by atoms with van der Waals surface area (Å²) >= 11 is 1.63. The molecule has 0 aliphatic rings. The summed E-state index contributed by atoms with van der Waals surface area (Å²) in [6.07, 6.45) is 3.75. The van der Waals surface area contributed by atoms with Gasteiger partial charge in [-0.05, 0) is 41.3 Å². The van der Waals surface area contributed by atoms with E-state index in [1.54, 1.807) is 24.6 Å². The Morgan fingerprint density at radius 3 is 2.71 bits per heavy atom. The highest BCUT2D eigenvalue weighted by Gasteiger charge is 2.21. The third-order valence-corrected chi connectivity index (χ3v) is 6.04. The Morgan fingerprint density at radius 2 is 1.94 bits per heavy atom. The van der Waals surface area contributed by atoms with Crippen LogP contribution in [0.1, 0.15) is 17.4 Å². The molecule has 1 atom stereocenters. The maximum atomic E-state index is 5.46. The summed E-state index contributed by atoms with van der Waals surface area (Å²) < 4.78 is 7.48. The van der Waals surface area contributed by atoms with Gasteiger partial charge in [0, 0.05) is 24.8 Å². The lowest BCUT2D eigenvalue weighted by atomic mass is 10.1. The highest BCUT2D eigenvalue weighted by Crippen LogP contribution is 2.32. The van der Waals surface area contributed by atoms with Gasteiger partial charge in [-0.2, -0.15) is 0 Å². The number of thiophene rings is 1. The number of imidazole rings is 1. The highest BCUT2D eigenvalue weighted by molar-refractivity contribution is 7.13. The summed E-state index contributed by atoms with van der Waals surface area (Å²) in [5.41, 5.74) is 1.93. The third-order valence-electron chi connectivity index (χ3n) is 5.17. The number of aromatic nitrogens is 4. The van der Waals surface area contributed by atoms with Crippen LogP contribution in [0, 0.1) is 0 Å². The normalized spacial score (nSPS) is 12.1. The predicted octanol–water partition coefficient (Wildman–Crippen LogP) is 5.30. The van der Waals surface area contributed by atoms with Crippen molar-refractivity contribution in [3.63, 3.8) is 0 Å². The second-order valence-corrected chi connectivity index (χ2v) is 8.09. The first-order valence-corrected chi connectivity index (χ1v) is 10.8. The molecule has 0 bridgehead atoms. The van der Waals surface area contributed by atoms with Crippen LogP contribution < -0.4 is 10.1 Å². The number of hydrogen-bond acceptors (Lipinski definition) is 6. The van der Waals surface area contributed by atoms with Crippen molar-refractivity contribution in [3.05, 3.63) is 89.8 Å². The topological polar surface area (TPSA) is 64.9 Å². The molecule has 0 unspecified atom stereocenters. The Balaban J connectivity index is 1.66. The van der Waals surface area contributed by atoms with Crippen LogP contribution in [0.4, 0.5) is 5.82 Å². The van der Waals surface area contributed by atoms with E-state index in [0.717, 1.165) is 38.7 Å². The number of aryl methyl sites for hydroxylation is 1. The molecular formula is C24H21N5OS. The average Bonchev–Trinajstić information content (AvgIpc) is 3.49. The summed E-state index contributed by atoms with van der Waals surface area (Å²) in [6.45, 7) is 0. The molecular weight excluding hydrogens is 406 g/mol. The number of nitrogens with one attached hydrogen (secondary N) is 1. The van der Waals surface area contributed by atoms with E-state index in [2.05, 4.69) is 16.4 Å². The van der Waals surface area contributed by atoms with Crippen LogP contribution in [-0.4, -0.2) is 26.6 Å². The minimum atomic E-state index is -0.218. The van der Waals surface area contributed by atoms with E-state index in [9.17, 15) is 0 Å². The van der Waals surface area contributed by atoms with Crippen molar-refractivity contribution in [2.75, 3.05) is 12.4 Å². The smallest absolute Gasteiger partial charge is 0.172 e. The zero-order chi connectivity index (χ0) is 21.2. The molecule has 2 aromatic carbocycles. The summed E-state index contributed by atoms with van der Waals surface area (Å²) in [4.78, 5) is 15.3. The maximum absolute atomic E-state index is 5.46. The fraction of sp³-hybridized carbons (Fsp3) is 0.125. The van der Waals surface area contributed by atoms with E-state index in [4.69, 9.17) is 14.7 Å². The zero-order valence-corrected chi connectivity index (χ0v) is 18.0. The molecule has 0 spiro atoms. The minimum Gasteiger partial charge on any atom is -0.497 e. The quantitative estimate of drug-likeness (QED) is 0.398. The molecule has 0 aliphatic heterocycles. The summed E-state index contributed by atoms with van der Waals surface area (Å²) in [7, 11) is 3.67. The van der Waals surface area contributed by atoms with E-state index in [1.165, 1.54) is 0 Å². The molecule has 154 valence electrons. The molecule has 6 nitrogen and oxygen atoms in total. The van der Waals surface area contributed by atoms with Crippen LogP contribution >= 0.6 is 11.3 Å². The Labute approximate surface area is 184 Å². The van der Waals surface area contributed by atoms with Crippen molar-refractivity contribution >= 4 is 28.1 Å². The molecule has 31 heavy (non-hydrogen) atoms. The second-order valence-electron chi connectivity index (χ2n) is 7.14. The molecule has 0 saturated carbocycles. The number of ether oxygens (including phenoxy) is 1. The molecule has 5 aromatic rings. The van der Waals surface area contributed by atoms with Gasteiger partial charge < -0.3 is 14.6 Å². The van der Waals surface area contributed by atoms with Gasteiger partial charge in [-0.1, -0.05) is 30.3 Å². The van der Waals surface area contributed by atoms with Crippen LogP contribution in [-0.2, 0) is 7.05 Å². The van der Waals surface area contributed by atoms with E-state index < -0.39 is 0 Å². The number of anilines is 1. The molecule has 1 N–H and O–H groups in total. The number of benzene rings is 2. The number of rotatable bonds is 6. The number of methoxy groups -OCH3 is 1. The molecule has 0 radical (unpaired) electrons. The Hall–Kier alpha value is -3.71. The molecule has 3 aromatic heterocycles. The molecule has 3 heterocycles. The lowest BCUT2D eigenvalue weighted by Gasteiger charge is -2.21. The molecule has 7 heteroatoms. The van der Waals surface area contributed by atoms with Crippen LogP contribution in [0.25, 0.3) is 21.6 Å². The van der Waals surface area contributed by atoms with Crippen LogP contribution in [0.15, 0.2) is 78.4 Å². The number of fused-ring (bicyclic) bond motifs is 1. The van der Waals surface area contributed by atoms with E-state index in [0.29, 0.717) is 5.82 Å². The summed E-state index contributed by atoms with van der Waals surface area (Å²) in [5, 5.41) is 6.65. The van der Waals surface area contributed by atoms with Crippen molar-refractivity contribution < 1.29 is 4.74 Å². The first-order chi connectivity index (χ1) is 15.2.